The molecule has 0 spiro atoms. The number of amides is 1. The Morgan fingerprint density at radius 3 is 2.46 bits per heavy atom. The number of para-hydroxylation sites is 1. The second-order valence-corrected chi connectivity index (χ2v) is 9.48. The number of aromatic nitrogens is 1. The normalized spacial score (nSPS) is 15.3. The molecule has 1 atom stereocenters. The van der Waals surface area contributed by atoms with E-state index >= 15 is 0 Å². The predicted octanol–water partition coefficient (Wildman–Crippen LogP) is 5.46. The summed E-state index contributed by atoms with van der Waals surface area (Å²) in [6.45, 7) is 5.07. The molecule has 1 aromatic heterocycles. The van der Waals surface area contributed by atoms with Crippen molar-refractivity contribution in [3.63, 3.8) is 0 Å². The van der Waals surface area contributed by atoms with E-state index in [1.807, 2.05) is 49.4 Å². The molecule has 1 aliphatic rings. The number of carbonyl (C=O) groups is 1. The summed E-state index contributed by atoms with van der Waals surface area (Å²) in [5.74, 6) is -0.0361. The molecule has 0 bridgehead atoms. The molecule has 5 rings (SSSR count). The highest BCUT2D eigenvalue weighted by atomic mass is 16.1. The van der Waals surface area contributed by atoms with Gasteiger partial charge in [-0.3, -0.25) is 4.79 Å². The average molecular weight is 467 g/mol. The zero-order valence-corrected chi connectivity index (χ0v) is 20.3. The van der Waals surface area contributed by atoms with Crippen molar-refractivity contribution in [2.45, 2.75) is 38.3 Å². The summed E-state index contributed by atoms with van der Waals surface area (Å²) >= 11 is 0. The lowest BCUT2D eigenvalue weighted by Crippen LogP contribution is -2.43. The topological polar surface area (TPSA) is 60.2 Å². The van der Waals surface area contributed by atoms with Gasteiger partial charge >= 0.3 is 0 Å². The Labute approximate surface area is 207 Å². The van der Waals surface area contributed by atoms with Gasteiger partial charge in [0.2, 0.25) is 0 Å². The second kappa shape index (κ2) is 10.8. The first-order chi connectivity index (χ1) is 17.2. The zero-order valence-electron chi connectivity index (χ0n) is 20.3. The summed E-state index contributed by atoms with van der Waals surface area (Å²) in [7, 11) is 0. The lowest BCUT2D eigenvalue weighted by molar-refractivity contribution is 0.0940. The number of H-pyrrole nitrogens is 1. The number of anilines is 1. The monoisotopic (exact) mass is 466 g/mol. The highest BCUT2D eigenvalue weighted by Crippen LogP contribution is 2.22. The summed E-state index contributed by atoms with van der Waals surface area (Å²) in [4.78, 5) is 18.5. The lowest BCUT2D eigenvalue weighted by atomic mass is 10.0. The molecule has 1 amide bonds. The quantitative estimate of drug-likeness (QED) is 0.323. The minimum atomic E-state index is -0.0361. The van der Waals surface area contributed by atoms with Gasteiger partial charge in [0.15, 0.2) is 0 Å². The van der Waals surface area contributed by atoms with Crippen LogP contribution in [0.1, 0.15) is 47.3 Å². The van der Waals surface area contributed by atoms with Crippen molar-refractivity contribution >= 4 is 22.5 Å². The molecule has 5 heteroatoms. The van der Waals surface area contributed by atoms with Crippen molar-refractivity contribution in [3.05, 3.63) is 102 Å². The Morgan fingerprint density at radius 1 is 0.971 bits per heavy atom. The van der Waals surface area contributed by atoms with Crippen LogP contribution in [0.2, 0.25) is 0 Å². The zero-order chi connectivity index (χ0) is 24.0. The number of benzene rings is 3. The molecule has 0 saturated carbocycles. The number of hydrogen-bond donors (Lipinski definition) is 3. The van der Waals surface area contributed by atoms with Crippen molar-refractivity contribution in [1.29, 1.82) is 0 Å². The highest BCUT2D eigenvalue weighted by molar-refractivity contribution is 5.94. The van der Waals surface area contributed by atoms with E-state index in [0.29, 0.717) is 11.6 Å². The van der Waals surface area contributed by atoms with Crippen LogP contribution in [-0.2, 0) is 6.42 Å². The van der Waals surface area contributed by atoms with Gasteiger partial charge in [-0.2, -0.15) is 0 Å². The molecule has 1 saturated heterocycles. The third kappa shape index (κ3) is 5.57. The Hall–Kier alpha value is -3.57. The van der Waals surface area contributed by atoms with E-state index in [0.717, 1.165) is 44.5 Å². The molecule has 1 aliphatic heterocycles. The van der Waals surface area contributed by atoms with Crippen molar-refractivity contribution in [2.24, 2.45) is 0 Å². The third-order valence-electron chi connectivity index (χ3n) is 7.14. The van der Waals surface area contributed by atoms with Gasteiger partial charge in [0.1, 0.15) is 0 Å². The van der Waals surface area contributed by atoms with E-state index < -0.39 is 0 Å². The third-order valence-corrected chi connectivity index (χ3v) is 7.14. The molecule has 4 aromatic rings. The fourth-order valence-electron chi connectivity index (χ4n) is 5.02. The number of carbonyl (C=O) groups excluding carboxylic acids is 1. The van der Waals surface area contributed by atoms with Crippen LogP contribution in [0.4, 0.5) is 5.69 Å². The van der Waals surface area contributed by atoms with E-state index in [9.17, 15) is 4.79 Å². The molecule has 35 heavy (non-hydrogen) atoms. The second-order valence-electron chi connectivity index (χ2n) is 9.48. The maximum absolute atomic E-state index is 12.7. The summed E-state index contributed by atoms with van der Waals surface area (Å²) < 4.78 is 0. The van der Waals surface area contributed by atoms with Crippen molar-refractivity contribution < 1.29 is 4.79 Å². The first-order valence-electron chi connectivity index (χ1n) is 12.7. The summed E-state index contributed by atoms with van der Waals surface area (Å²) in [6, 6.07) is 27.1. The van der Waals surface area contributed by atoms with Gasteiger partial charge in [-0.25, -0.2) is 0 Å². The number of nitrogens with one attached hydrogen (secondary N) is 3. The first kappa shape index (κ1) is 23.2. The van der Waals surface area contributed by atoms with Crippen LogP contribution in [0.3, 0.4) is 0 Å². The van der Waals surface area contributed by atoms with Gasteiger partial charge in [-0.1, -0.05) is 48.5 Å². The molecule has 3 aromatic carbocycles. The van der Waals surface area contributed by atoms with E-state index in [-0.39, 0.29) is 11.9 Å². The summed E-state index contributed by atoms with van der Waals surface area (Å²) in [5.41, 5.74) is 5.59. The molecule has 0 radical (unpaired) electrons. The van der Waals surface area contributed by atoms with E-state index in [4.69, 9.17) is 0 Å². The number of aromatic amines is 1. The first-order valence-corrected chi connectivity index (χ1v) is 12.7. The van der Waals surface area contributed by atoms with E-state index in [2.05, 4.69) is 63.1 Å². The van der Waals surface area contributed by atoms with Gasteiger partial charge in [0.05, 0.1) is 6.04 Å². The summed E-state index contributed by atoms with van der Waals surface area (Å²) in [6.07, 6.45) is 5.44. The number of piperidine rings is 1. The van der Waals surface area contributed by atoms with Gasteiger partial charge in [-0.15, -0.1) is 0 Å². The van der Waals surface area contributed by atoms with Gasteiger partial charge < -0.3 is 20.5 Å². The van der Waals surface area contributed by atoms with Crippen LogP contribution >= 0.6 is 0 Å². The largest absolute Gasteiger partial charge is 0.371 e. The van der Waals surface area contributed by atoms with Gasteiger partial charge in [0, 0.05) is 47.5 Å². The van der Waals surface area contributed by atoms with Crippen LogP contribution in [0.15, 0.2) is 85.1 Å². The Bertz CT molecular complexity index is 1240. The number of rotatable bonds is 8. The van der Waals surface area contributed by atoms with Crippen LogP contribution in [-0.4, -0.2) is 36.6 Å². The molecule has 3 N–H and O–H groups in total. The smallest absolute Gasteiger partial charge is 0.251 e. The molecule has 1 fully saturated rings. The molecule has 1 unspecified atom stereocenters. The van der Waals surface area contributed by atoms with Gasteiger partial charge in [0.25, 0.3) is 5.91 Å². The Balaban J connectivity index is 1.08. The molecule has 2 heterocycles. The van der Waals surface area contributed by atoms with E-state index in [1.54, 1.807) is 0 Å². The number of hydrogen-bond acceptors (Lipinski definition) is 3. The standard InChI is InChI=1S/C30H34N4O/c1-22(23-7-3-2-4-8-23)33-30(35)24-11-13-27(14-12-24)34-19-16-26(17-20-34)31-18-15-25-21-32-29-10-6-5-9-28(25)29/h2-14,21-22,26,31-32H,15-20H2,1H3,(H,33,35). The Kier molecular flexibility index (Phi) is 7.15. The maximum Gasteiger partial charge on any atom is 0.251 e. The van der Waals surface area contributed by atoms with Crippen LogP contribution < -0.4 is 15.5 Å². The minimum absolute atomic E-state index is 0.0223. The highest BCUT2D eigenvalue weighted by Gasteiger charge is 2.19. The van der Waals surface area contributed by atoms with Crippen molar-refractivity contribution in [1.82, 2.24) is 15.6 Å². The minimum Gasteiger partial charge on any atom is -0.371 e. The average Bonchev–Trinajstić information content (AvgIpc) is 3.33. The van der Waals surface area contributed by atoms with Crippen LogP contribution in [0, 0.1) is 0 Å². The Morgan fingerprint density at radius 2 is 1.69 bits per heavy atom. The SMILES string of the molecule is CC(NC(=O)c1ccc(N2CCC(NCCc3c[nH]c4ccccc34)CC2)cc1)c1ccccc1. The van der Waals surface area contributed by atoms with Gasteiger partial charge in [-0.05, 0) is 74.2 Å². The fourth-order valence-corrected chi connectivity index (χ4v) is 5.02. The van der Waals surface area contributed by atoms with Crippen molar-refractivity contribution in [3.8, 4) is 0 Å². The predicted molar refractivity (Wildman–Crippen MR) is 144 cm³/mol. The maximum atomic E-state index is 12.7. The molecule has 5 nitrogen and oxygen atoms in total. The van der Waals surface area contributed by atoms with Crippen molar-refractivity contribution in [2.75, 3.05) is 24.5 Å². The molecule has 0 aliphatic carbocycles. The van der Waals surface area contributed by atoms with E-state index in [1.165, 1.54) is 22.2 Å². The lowest BCUT2D eigenvalue weighted by Gasteiger charge is -2.34. The molecular weight excluding hydrogens is 432 g/mol. The molecular formula is C30H34N4O. The number of fused-ring (bicyclic) bond motifs is 1. The summed E-state index contributed by atoms with van der Waals surface area (Å²) in [5, 5.41) is 8.18. The number of nitrogens with zero attached hydrogens (tertiary/aromatic N) is 1. The fraction of sp³-hybridized carbons (Fsp3) is 0.300. The molecule has 180 valence electrons. The van der Waals surface area contributed by atoms with Crippen LogP contribution in [0.25, 0.3) is 10.9 Å². The van der Waals surface area contributed by atoms with Crippen LogP contribution in [0.5, 0.6) is 0 Å².